The van der Waals surface area contributed by atoms with Gasteiger partial charge in [-0.25, -0.2) is 4.98 Å². The molecule has 86 valence electrons. The van der Waals surface area contributed by atoms with E-state index in [1.807, 2.05) is 13.8 Å². The van der Waals surface area contributed by atoms with Crippen molar-refractivity contribution in [2.45, 2.75) is 38.8 Å². The molecule has 0 saturated carbocycles. The van der Waals surface area contributed by atoms with Gasteiger partial charge in [0, 0.05) is 20.1 Å². The first-order valence-electron chi connectivity index (χ1n) is 5.23. The largest absolute Gasteiger partial charge is 0.387 e. The van der Waals surface area contributed by atoms with Gasteiger partial charge in [0.2, 0.25) is 0 Å². The Morgan fingerprint density at radius 1 is 1.53 bits per heavy atom. The number of hydrogen-bond acceptors (Lipinski definition) is 4. The second-order valence-corrected chi connectivity index (χ2v) is 3.68. The number of nitrogens with zero attached hydrogens (tertiary/aromatic N) is 3. The number of methoxy groups -OCH3 is 1. The second kappa shape index (κ2) is 5.23. The van der Waals surface area contributed by atoms with Gasteiger partial charge in [0.1, 0.15) is 12.2 Å². The van der Waals surface area contributed by atoms with Crippen molar-refractivity contribution in [1.29, 1.82) is 0 Å². The smallest absolute Gasteiger partial charge is 0.138 e. The van der Waals surface area contributed by atoms with Gasteiger partial charge in [-0.15, -0.1) is 0 Å². The Kier molecular flexibility index (Phi) is 4.23. The van der Waals surface area contributed by atoms with Crippen molar-refractivity contribution in [2.75, 3.05) is 13.7 Å². The third kappa shape index (κ3) is 3.00. The van der Waals surface area contributed by atoms with Crippen LogP contribution in [0.1, 0.15) is 26.1 Å². The van der Waals surface area contributed by atoms with Crippen molar-refractivity contribution < 1.29 is 9.84 Å². The monoisotopic (exact) mass is 213 g/mol. The van der Waals surface area contributed by atoms with Crippen LogP contribution in [0, 0.1) is 0 Å². The molecule has 1 aromatic rings. The van der Waals surface area contributed by atoms with Gasteiger partial charge >= 0.3 is 0 Å². The molecule has 1 heterocycles. The summed E-state index contributed by atoms with van der Waals surface area (Å²) in [6.07, 6.45) is 2.63. The van der Waals surface area contributed by atoms with Crippen LogP contribution in [-0.4, -0.2) is 39.2 Å². The summed E-state index contributed by atoms with van der Waals surface area (Å²) in [5, 5.41) is 14.3. The minimum atomic E-state index is -0.839. The van der Waals surface area contributed by atoms with Crippen LogP contribution in [-0.2, 0) is 17.7 Å². The first-order valence-corrected chi connectivity index (χ1v) is 5.23. The number of hydrogen-bond donors (Lipinski definition) is 1. The molecule has 1 N–H and O–H groups in total. The molecule has 0 saturated heterocycles. The molecule has 0 aliphatic heterocycles. The molecule has 1 rings (SSSR count). The number of aromatic nitrogens is 3. The molecule has 1 unspecified atom stereocenters. The van der Waals surface area contributed by atoms with E-state index in [1.54, 1.807) is 11.8 Å². The lowest BCUT2D eigenvalue weighted by atomic mass is 9.97. The van der Waals surface area contributed by atoms with Gasteiger partial charge in [-0.05, 0) is 13.3 Å². The maximum atomic E-state index is 10.2. The minimum Gasteiger partial charge on any atom is -0.387 e. The van der Waals surface area contributed by atoms with Crippen molar-refractivity contribution in [2.24, 2.45) is 0 Å². The molecule has 5 heteroatoms. The molecule has 0 amide bonds. The van der Waals surface area contributed by atoms with E-state index >= 15 is 0 Å². The highest BCUT2D eigenvalue weighted by Crippen LogP contribution is 2.16. The highest BCUT2D eigenvalue weighted by Gasteiger charge is 2.27. The third-order valence-electron chi connectivity index (χ3n) is 2.55. The Bertz CT molecular complexity index is 301. The summed E-state index contributed by atoms with van der Waals surface area (Å²) in [5.41, 5.74) is -0.839. The van der Waals surface area contributed by atoms with E-state index in [0.717, 1.165) is 12.4 Å². The maximum absolute atomic E-state index is 10.2. The van der Waals surface area contributed by atoms with Crippen LogP contribution in [0.2, 0.25) is 0 Å². The van der Waals surface area contributed by atoms with Crippen molar-refractivity contribution in [3.05, 3.63) is 12.2 Å². The molecule has 0 fully saturated rings. The van der Waals surface area contributed by atoms with E-state index in [-0.39, 0.29) is 0 Å². The third-order valence-corrected chi connectivity index (χ3v) is 2.55. The molecule has 0 radical (unpaired) electrons. The molecule has 1 atom stereocenters. The van der Waals surface area contributed by atoms with E-state index in [4.69, 9.17) is 4.74 Å². The van der Waals surface area contributed by atoms with Gasteiger partial charge < -0.3 is 9.84 Å². The Morgan fingerprint density at radius 3 is 2.80 bits per heavy atom. The van der Waals surface area contributed by atoms with Crippen LogP contribution in [0.15, 0.2) is 6.33 Å². The molecule has 5 nitrogen and oxygen atoms in total. The first-order chi connectivity index (χ1) is 7.15. The minimum absolute atomic E-state index is 0.320. The van der Waals surface area contributed by atoms with E-state index in [9.17, 15) is 5.11 Å². The molecule has 0 aromatic carbocycles. The first kappa shape index (κ1) is 12.1. The Labute approximate surface area is 90.1 Å². The highest BCUT2D eigenvalue weighted by atomic mass is 16.5. The average Bonchev–Trinajstić information content (AvgIpc) is 2.65. The van der Waals surface area contributed by atoms with Crippen molar-refractivity contribution in [1.82, 2.24) is 14.8 Å². The number of ether oxygens (including phenoxy) is 1. The fourth-order valence-electron chi connectivity index (χ4n) is 1.53. The number of aryl methyl sites for hydroxylation is 1. The topological polar surface area (TPSA) is 60.2 Å². The SMILES string of the molecule is CCn1ncnc1CC(O)(CC)COC. The Morgan fingerprint density at radius 2 is 2.27 bits per heavy atom. The number of aliphatic hydroxyl groups is 1. The zero-order valence-corrected chi connectivity index (χ0v) is 9.60. The van der Waals surface area contributed by atoms with Crippen LogP contribution >= 0.6 is 0 Å². The van der Waals surface area contributed by atoms with Gasteiger partial charge in [-0.1, -0.05) is 6.92 Å². The normalized spacial score (nSPS) is 15.2. The quantitative estimate of drug-likeness (QED) is 0.753. The molecule has 0 aliphatic rings. The summed E-state index contributed by atoms with van der Waals surface area (Å²) in [7, 11) is 1.59. The van der Waals surface area contributed by atoms with Crippen LogP contribution < -0.4 is 0 Å². The van der Waals surface area contributed by atoms with Crippen LogP contribution in [0.5, 0.6) is 0 Å². The summed E-state index contributed by atoms with van der Waals surface area (Å²) in [6.45, 7) is 5.02. The van der Waals surface area contributed by atoms with Crippen LogP contribution in [0.4, 0.5) is 0 Å². The van der Waals surface area contributed by atoms with Crippen LogP contribution in [0.3, 0.4) is 0 Å². The molecule has 1 aromatic heterocycles. The summed E-state index contributed by atoms with van der Waals surface area (Å²) in [6, 6.07) is 0. The van der Waals surface area contributed by atoms with Gasteiger partial charge in [0.25, 0.3) is 0 Å². The van der Waals surface area contributed by atoms with E-state index < -0.39 is 5.60 Å². The molecular weight excluding hydrogens is 194 g/mol. The van der Waals surface area contributed by atoms with Crippen molar-refractivity contribution >= 4 is 0 Å². The summed E-state index contributed by atoms with van der Waals surface area (Å²) < 4.78 is 6.80. The second-order valence-electron chi connectivity index (χ2n) is 3.68. The van der Waals surface area contributed by atoms with E-state index in [2.05, 4.69) is 10.1 Å². The van der Waals surface area contributed by atoms with Gasteiger partial charge in [-0.2, -0.15) is 5.10 Å². The molecule has 15 heavy (non-hydrogen) atoms. The lowest BCUT2D eigenvalue weighted by Crippen LogP contribution is -2.37. The summed E-state index contributed by atoms with van der Waals surface area (Å²) >= 11 is 0. The Balaban J connectivity index is 2.74. The molecule has 0 bridgehead atoms. The molecule has 0 spiro atoms. The molecular formula is C10H19N3O2. The zero-order chi connectivity index (χ0) is 11.3. The number of rotatable bonds is 6. The lowest BCUT2D eigenvalue weighted by Gasteiger charge is -2.25. The van der Waals surface area contributed by atoms with Crippen molar-refractivity contribution in [3.63, 3.8) is 0 Å². The summed E-state index contributed by atoms with van der Waals surface area (Å²) in [4.78, 5) is 4.14. The van der Waals surface area contributed by atoms with Gasteiger partial charge in [-0.3, -0.25) is 4.68 Å². The average molecular weight is 213 g/mol. The lowest BCUT2D eigenvalue weighted by molar-refractivity contribution is -0.0352. The molecule has 0 aliphatic carbocycles. The highest BCUT2D eigenvalue weighted by molar-refractivity contribution is 4.94. The standard InChI is InChI=1S/C10H19N3O2/c1-4-10(14,7-15-3)6-9-11-8-12-13(9)5-2/h8,14H,4-7H2,1-3H3. The predicted octanol–water partition coefficient (Wildman–Crippen LogP) is 0.628. The van der Waals surface area contributed by atoms with Gasteiger partial charge in [0.15, 0.2) is 0 Å². The fraction of sp³-hybridized carbons (Fsp3) is 0.800. The fourth-order valence-corrected chi connectivity index (χ4v) is 1.53. The zero-order valence-electron chi connectivity index (χ0n) is 9.60. The van der Waals surface area contributed by atoms with Crippen molar-refractivity contribution in [3.8, 4) is 0 Å². The van der Waals surface area contributed by atoms with Gasteiger partial charge in [0.05, 0.1) is 12.2 Å². The maximum Gasteiger partial charge on any atom is 0.138 e. The van der Waals surface area contributed by atoms with E-state index in [1.165, 1.54) is 6.33 Å². The van der Waals surface area contributed by atoms with Crippen LogP contribution in [0.25, 0.3) is 0 Å². The van der Waals surface area contributed by atoms with E-state index in [0.29, 0.717) is 19.4 Å². The predicted molar refractivity (Wildman–Crippen MR) is 56.5 cm³/mol. The Hall–Kier alpha value is -0.940. The summed E-state index contributed by atoms with van der Waals surface area (Å²) in [5.74, 6) is 0.805.